The molecule has 0 radical (unpaired) electrons. The standard InChI is InChI=1S/C16H18FNOS/c1-18(10-8-15-3-2-12-20-15)11-9-16(19)13-4-6-14(17)7-5-13/h2-7,12H,8-11H2,1H3. The zero-order valence-electron chi connectivity index (χ0n) is 11.5. The van der Waals surface area contributed by atoms with Crippen molar-refractivity contribution in [1.29, 1.82) is 0 Å². The first-order valence-corrected chi connectivity index (χ1v) is 7.53. The number of hydrogen-bond acceptors (Lipinski definition) is 3. The number of Topliss-reactive ketones (excluding diaryl/α,β-unsaturated/α-hetero) is 1. The number of benzene rings is 1. The Kier molecular flexibility index (Phi) is 5.44. The van der Waals surface area contributed by atoms with E-state index >= 15 is 0 Å². The summed E-state index contributed by atoms with van der Waals surface area (Å²) in [5.41, 5.74) is 0.582. The van der Waals surface area contributed by atoms with E-state index in [0.717, 1.165) is 19.5 Å². The molecule has 0 aliphatic heterocycles. The van der Waals surface area contributed by atoms with Gasteiger partial charge in [-0.2, -0.15) is 0 Å². The van der Waals surface area contributed by atoms with Crippen LogP contribution < -0.4 is 0 Å². The third kappa shape index (κ3) is 4.54. The van der Waals surface area contributed by atoms with Crippen molar-refractivity contribution in [3.63, 3.8) is 0 Å². The van der Waals surface area contributed by atoms with Crippen molar-refractivity contribution >= 4 is 17.1 Å². The highest BCUT2D eigenvalue weighted by atomic mass is 32.1. The van der Waals surface area contributed by atoms with Crippen LogP contribution in [0.25, 0.3) is 0 Å². The van der Waals surface area contributed by atoms with Gasteiger partial charge >= 0.3 is 0 Å². The van der Waals surface area contributed by atoms with Crippen molar-refractivity contribution in [1.82, 2.24) is 4.90 Å². The van der Waals surface area contributed by atoms with Crippen LogP contribution in [0.15, 0.2) is 41.8 Å². The van der Waals surface area contributed by atoms with Crippen molar-refractivity contribution in [2.45, 2.75) is 12.8 Å². The van der Waals surface area contributed by atoms with E-state index < -0.39 is 0 Å². The van der Waals surface area contributed by atoms with Gasteiger partial charge in [-0.3, -0.25) is 4.79 Å². The number of halogens is 1. The summed E-state index contributed by atoms with van der Waals surface area (Å²) < 4.78 is 12.8. The van der Waals surface area contributed by atoms with Gasteiger partial charge in [-0.05, 0) is 49.2 Å². The Morgan fingerprint density at radius 3 is 2.60 bits per heavy atom. The fraction of sp³-hybridized carbons (Fsp3) is 0.312. The molecule has 0 saturated heterocycles. The van der Waals surface area contributed by atoms with Gasteiger partial charge < -0.3 is 4.90 Å². The third-order valence-corrected chi connectivity index (χ3v) is 4.14. The summed E-state index contributed by atoms with van der Waals surface area (Å²) in [5, 5.41) is 2.08. The molecule has 0 aliphatic rings. The van der Waals surface area contributed by atoms with Crippen molar-refractivity contribution in [3.8, 4) is 0 Å². The third-order valence-electron chi connectivity index (χ3n) is 3.21. The summed E-state index contributed by atoms with van der Waals surface area (Å²) >= 11 is 1.76. The topological polar surface area (TPSA) is 20.3 Å². The summed E-state index contributed by atoms with van der Waals surface area (Å²) in [6.07, 6.45) is 1.48. The van der Waals surface area contributed by atoms with Crippen LogP contribution >= 0.6 is 11.3 Å². The van der Waals surface area contributed by atoms with E-state index in [-0.39, 0.29) is 11.6 Å². The molecule has 0 atom stereocenters. The smallest absolute Gasteiger partial charge is 0.164 e. The number of carbonyl (C=O) groups excluding carboxylic acids is 1. The highest BCUT2D eigenvalue weighted by molar-refractivity contribution is 7.09. The zero-order valence-corrected chi connectivity index (χ0v) is 12.3. The lowest BCUT2D eigenvalue weighted by molar-refractivity contribution is 0.0969. The molecule has 0 spiro atoms. The fourth-order valence-corrected chi connectivity index (χ4v) is 2.64. The molecular formula is C16H18FNOS. The highest BCUT2D eigenvalue weighted by Gasteiger charge is 2.08. The van der Waals surface area contributed by atoms with Crippen LogP contribution in [0.2, 0.25) is 0 Å². The lowest BCUT2D eigenvalue weighted by Gasteiger charge is -2.15. The number of nitrogens with zero attached hydrogens (tertiary/aromatic N) is 1. The van der Waals surface area contributed by atoms with E-state index in [2.05, 4.69) is 22.4 Å². The van der Waals surface area contributed by atoms with Crippen LogP contribution in [0.4, 0.5) is 4.39 Å². The molecule has 0 unspecified atom stereocenters. The van der Waals surface area contributed by atoms with Crippen LogP contribution in [0.5, 0.6) is 0 Å². The molecule has 0 saturated carbocycles. The second-order valence-corrected chi connectivity index (χ2v) is 5.84. The first-order chi connectivity index (χ1) is 9.65. The van der Waals surface area contributed by atoms with Gasteiger partial charge in [0.2, 0.25) is 0 Å². The summed E-state index contributed by atoms with van der Waals surface area (Å²) in [6, 6.07) is 9.92. The number of ketones is 1. The van der Waals surface area contributed by atoms with Gasteiger partial charge in [0.15, 0.2) is 5.78 Å². The molecule has 2 rings (SSSR count). The van der Waals surface area contributed by atoms with Crippen molar-refractivity contribution in [3.05, 3.63) is 58.0 Å². The molecule has 20 heavy (non-hydrogen) atoms. The van der Waals surface area contributed by atoms with Gasteiger partial charge in [-0.1, -0.05) is 6.07 Å². The molecule has 1 aromatic heterocycles. The molecule has 0 N–H and O–H groups in total. The van der Waals surface area contributed by atoms with E-state index in [9.17, 15) is 9.18 Å². The van der Waals surface area contributed by atoms with E-state index in [4.69, 9.17) is 0 Å². The molecule has 2 aromatic rings. The zero-order chi connectivity index (χ0) is 14.4. The molecule has 0 amide bonds. The van der Waals surface area contributed by atoms with Gasteiger partial charge in [0, 0.05) is 30.0 Å². The van der Waals surface area contributed by atoms with Crippen molar-refractivity contribution in [2.75, 3.05) is 20.1 Å². The quantitative estimate of drug-likeness (QED) is 0.726. The van der Waals surface area contributed by atoms with E-state index in [1.807, 2.05) is 7.05 Å². The predicted octanol–water partition coefficient (Wildman–Crippen LogP) is 3.63. The molecule has 1 heterocycles. The lowest BCUT2D eigenvalue weighted by Crippen LogP contribution is -2.24. The summed E-state index contributed by atoms with van der Waals surface area (Å²) in [7, 11) is 2.02. The summed E-state index contributed by atoms with van der Waals surface area (Å²) in [4.78, 5) is 15.5. The molecule has 0 bridgehead atoms. The monoisotopic (exact) mass is 291 g/mol. The minimum Gasteiger partial charge on any atom is -0.306 e. The van der Waals surface area contributed by atoms with Gasteiger partial charge in [0.1, 0.15) is 5.82 Å². The fourth-order valence-electron chi connectivity index (χ4n) is 1.94. The molecule has 1 aromatic carbocycles. The molecule has 0 aliphatic carbocycles. The number of rotatable bonds is 7. The Hall–Kier alpha value is -1.52. The first kappa shape index (κ1) is 14.9. The Bertz CT molecular complexity index is 536. The highest BCUT2D eigenvalue weighted by Crippen LogP contribution is 2.10. The number of thiophene rings is 1. The van der Waals surface area contributed by atoms with E-state index in [0.29, 0.717) is 12.0 Å². The maximum absolute atomic E-state index is 12.8. The van der Waals surface area contributed by atoms with Crippen LogP contribution in [-0.2, 0) is 6.42 Å². The van der Waals surface area contributed by atoms with Crippen molar-refractivity contribution < 1.29 is 9.18 Å². The maximum atomic E-state index is 12.8. The number of hydrogen-bond donors (Lipinski definition) is 0. The summed E-state index contributed by atoms with van der Waals surface area (Å²) in [6.45, 7) is 1.67. The Morgan fingerprint density at radius 2 is 1.95 bits per heavy atom. The van der Waals surface area contributed by atoms with Crippen LogP contribution in [0, 0.1) is 5.82 Å². The average Bonchev–Trinajstić information content (AvgIpc) is 2.96. The minimum absolute atomic E-state index is 0.0629. The van der Waals surface area contributed by atoms with E-state index in [1.165, 1.54) is 17.0 Å². The number of carbonyl (C=O) groups is 1. The molecular weight excluding hydrogens is 273 g/mol. The lowest BCUT2D eigenvalue weighted by atomic mass is 10.1. The van der Waals surface area contributed by atoms with Gasteiger partial charge in [0.05, 0.1) is 0 Å². The molecule has 0 fully saturated rings. The predicted molar refractivity (Wildman–Crippen MR) is 80.9 cm³/mol. The maximum Gasteiger partial charge on any atom is 0.164 e. The Labute approximate surface area is 122 Å². The van der Waals surface area contributed by atoms with Crippen LogP contribution in [0.3, 0.4) is 0 Å². The first-order valence-electron chi connectivity index (χ1n) is 6.65. The molecule has 4 heteroatoms. The van der Waals surface area contributed by atoms with Crippen LogP contribution in [0.1, 0.15) is 21.7 Å². The second kappa shape index (κ2) is 7.31. The minimum atomic E-state index is -0.311. The van der Waals surface area contributed by atoms with Gasteiger partial charge in [0.25, 0.3) is 0 Å². The molecule has 2 nitrogen and oxygen atoms in total. The Balaban J connectivity index is 1.73. The largest absolute Gasteiger partial charge is 0.306 e. The average molecular weight is 291 g/mol. The van der Waals surface area contributed by atoms with Crippen LogP contribution in [-0.4, -0.2) is 30.8 Å². The second-order valence-electron chi connectivity index (χ2n) is 4.81. The molecule has 106 valence electrons. The summed E-state index contributed by atoms with van der Waals surface area (Å²) in [5.74, 6) is -0.248. The Morgan fingerprint density at radius 1 is 1.20 bits per heavy atom. The normalized spacial score (nSPS) is 10.9. The van der Waals surface area contributed by atoms with E-state index in [1.54, 1.807) is 23.5 Å². The van der Waals surface area contributed by atoms with Gasteiger partial charge in [-0.25, -0.2) is 4.39 Å². The van der Waals surface area contributed by atoms with Gasteiger partial charge in [-0.15, -0.1) is 11.3 Å². The van der Waals surface area contributed by atoms with Crippen molar-refractivity contribution in [2.24, 2.45) is 0 Å². The SMILES string of the molecule is CN(CCC(=O)c1ccc(F)cc1)CCc1cccs1. The number of likely N-dealkylation sites (N-methyl/N-ethyl adjacent to an activating group) is 1.